The van der Waals surface area contributed by atoms with Gasteiger partial charge in [-0.25, -0.2) is 0 Å². The second kappa shape index (κ2) is 6.53. The van der Waals surface area contributed by atoms with Crippen LogP contribution in [0.5, 0.6) is 0 Å². The number of rotatable bonds is 5. The van der Waals surface area contributed by atoms with Gasteiger partial charge in [0.2, 0.25) is 0 Å². The quantitative estimate of drug-likeness (QED) is 0.729. The number of benzene rings is 1. The van der Waals surface area contributed by atoms with Crippen molar-refractivity contribution in [3.05, 3.63) is 53.5 Å². The fraction of sp³-hybridized carbons (Fsp3) is 0.429. The van der Waals surface area contributed by atoms with Crippen molar-refractivity contribution in [3.63, 3.8) is 0 Å². The van der Waals surface area contributed by atoms with Gasteiger partial charge in [0.15, 0.2) is 5.69 Å². The topological polar surface area (TPSA) is 74.2 Å². The number of H-pyrrole nitrogens is 1. The van der Waals surface area contributed by atoms with E-state index in [2.05, 4.69) is 51.7 Å². The smallest absolute Gasteiger partial charge is 0.273 e. The number of aromatic nitrogens is 2. The summed E-state index contributed by atoms with van der Waals surface area (Å²) in [5, 5.41) is 8.38. The lowest BCUT2D eigenvalue weighted by Crippen LogP contribution is -2.39. The van der Waals surface area contributed by atoms with Gasteiger partial charge in [0.1, 0.15) is 5.76 Å². The number of hydrogen-bond acceptors (Lipinski definition) is 4. The zero-order valence-corrected chi connectivity index (χ0v) is 15.4. The highest BCUT2D eigenvalue weighted by Gasteiger charge is 2.33. The third kappa shape index (κ3) is 3.25. The molecule has 2 atom stereocenters. The molecule has 1 aliphatic carbocycles. The maximum Gasteiger partial charge on any atom is 0.273 e. The van der Waals surface area contributed by atoms with Crippen LogP contribution in [0.2, 0.25) is 0 Å². The number of aromatic amines is 1. The lowest BCUT2D eigenvalue weighted by molar-refractivity contribution is 0.0922. The number of likely N-dealkylation sites (tertiary alicyclic amines) is 1. The number of carbonyl (C=O) groups excluding carboxylic acids is 1. The molecule has 0 radical (unpaired) electrons. The summed E-state index contributed by atoms with van der Waals surface area (Å²) >= 11 is 0. The number of amides is 1. The Balaban J connectivity index is 1.23. The maximum atomic E-state index is 12.5. The molecule has 1 aliphatic heterocycles. The molecule has 140 valence electrons. The lowest BCUT2D eigenvalue weighted by Gasteiger charge is -2.16. The first kappa shape index (κ1) is 16.6. The van der Waals surface area contributed by atoms with Crippen molar-refractivity contribution < 1.29 is 9.32 Å². The molecule has 2 N–H and O–H groups in total. The molecule has 1 saturated carbocycles. The number of carbonyl (C=O) groups is 1. The fourth-order valence-electron chi connectivity index (χ4n) is 4.09. The zero-order chi connectivity index (χ0) is 18.4. The standard InChI is InChI=1S/C21H24N4O2/c1-13-10-25(11-15-9-22-17-5-3-2-4-16(15)17)12-19(13)23-21(26)18-8-20(27-24-18)14-6-7-14/h2-5,8-9,13-14,19,22H,6-7,10-12H2,1H3,(H,23,26)/t13-,19?/m1/s1. The Labute approximate surface area is 157 Å². The average Bonchev–Trinajstić information content (AvgIpc) is 3.11. The Morgan fingerprint density at radius 3 is 3.04 bits per heavy atom. The van der Waals surface area contributed by atoms with Gasteiger partial charge in [0.05, 0.1) is 0 Å². The molecule has 2 aliphatic rings. The minimum Gasteiger partial charge on any atom is -0.361 e. The average molecular weight is 364 g/mol. The van der Waals surface area contributed by atoms with E-state index >= 15 is 0 Å². The normalized spacial score (nSPS) is 23.1. The van der Waals surface area contributed by atoms with Crippen LogP contribution in [0.25, 0.3) is 10.9 Å². The van der Waals surface area contributed by atoms with Crippen molar-refractivity contribution in [2.24, 2.45) is 5.92 Å². The summed E-state index contributed by atoms with van der Waals surface area (Å²) in [7, 11) is 0. The van der Waals surface area contributed by atoms with E-state index in [9.17, 15) is 4.79 Å². The summed E-state index contributed by atoms with van der Waals surface area (Å²) in [6.45, 7) is 4.89. The van der Waals surface area contributed by atoms with Crippen LogP contribution in [0.4, 0.5) is 0 Å². The predicted molar refractivity (Wildman–Crippen MR) is 102 cm³/mol. The largest absolute Gasteiger partial charge is 0.361 e. The van der Waals surface area contributed by atoms with Crippen LogP contribution in [-0.2, 0) is 6.54 Å². The molecule has 6 nitrogen and oxygen atoms in total. The summed E-state index contributed by atoms with van der Waals surface area (Å²) < 4.78 is 5.31. The van der Waals surface area contributed by atoms with E-state index in [-0.39, 0.29) is 11.9 Å². The fourth-order valence-corrected chi connectivity index (χ4v) is 4.09. The van der Waals surface area contributed by atoms with Gasteiger partial charge in [-0.1, -0.05) is 30.3 Å². The van der Waals surface area contributed by atoms with Crippen LogP contribution in [0.3, 0.4) is 0 Å². The molecule has 6 heteroatoms. The first-order chi connectivity index (χ1) is 13.2. The molecule has 0 spiro atoms. The minimum absolute atomic E-state index is 0.128. The summed E-state index contributed by atoms with van der Waals surface area (Å²) in [5.74, 6) is 1.59. The van der Waals surface area contributed by atoms with Gasteiger partial charge < -0.3 is 14.8 Å². The second-order valence-electron chi connectivity index (χ2n) is 8.00. The van der Waals surface area contributed by atoms with Crippen LogP contribution in [0.1, 0.15) is 47.5 Å². The molecule has 1 aromatic carbocycles. The molecular formula is C21H24N4O2. The van der Waals surface area contributed by atoms with Crippen molar-refractivity contribution in [2.45, 2.75) is 38.3 Å². The Morgan fingerprint density at radius 2 is 2.19 bits per heavy atom. The van der Waals surface area contributed by atoms with E-state index in [0.29, 0.717) is 17.5 Å². The third-order valence-corrected chi connectivity index (χ3v) is 5.81. The predicted octanol–water partition coefficient (Wildman–Crippen LogP) is 3.28. The highest BCUT2D eigenvalue weighted by atomic mass is 16.5. The van der Waals surface area contributed by atoms with Crippen LogP contribution in [-0.4, -0.2) is 40.1 Å². The van der Waals surface area contributed by atoms with Crippen LogP contribution in [0.15, 0.2) is 41.1 Å². The van der Waals surface area contributed by atoms with Crippen molar-refractivity contribution in [3.8, 4) is 0 Å². The van der Waals surface area contributed by atoms with Crippen LogP contribution >= 0.6 is 0 Å². The van der Waals surface area contributed by atoms with E-state index in [1.165, 1.54) is 16.5 Å². The monoisotopic (exact) mass is 364 g/mol. The Kier molecular flexibility index (Phi) is 4.01. The number of nitrogens with one attached hydrogen (secondary N) is 2. The van der Waals surface area contributed by atoms with Crippen molar-refractivity contribution >= 4 is 16.8 Å². The molecule has 5 rings (SSSR count). The van der Waals surface area contributed by atoms with E-state index in [1.807, 2.05) is 6.07 Å². The first-order valence-corrected chi connectivity index (χ1v) is 9.72. The van der Waals surface area contributed by atoms with Gasteiger partial charge in [0, 0.05) is 54.8 Å². The van der Waals surface area contributed by atoms with E-state index in [0.717, 1.165) is 38.2 Å². The van der Waals surface area contributed by atoms with E-state index in [4.69, 9.17) is 4.52 Å². The van der Waals surface area contributed by atoms with Gasteiger partial charge in [-0.15, -0.1) is 0 Å². The van der Waals surface area contributed by atoms with Gasteiger partial charge in [-0.2, -0.15) is 0 Å². The number of hydrogen-bond donors (Lipinski definition) is 2. The number of fused-ring (bicyclic) bond motifs is 1. The Morgan fingerprint density at radius 1 is 1.33 bits per heavy atom. The minimum atomic E-state index is -0.128. The molecule has 0 bridgehead atoms. The molecule has 27 heavy (non-hydrogen) atoms. The van der Waals surface area contributed by atoms with Gasteiger partial charge in [0.25, 0.3) is 5.91 Å². The van der Waals surface area contributed by atoms with Crippen molar-refractivity contribution in [1.82, 2.24) is 20.4 Å². The summed E-state index contributed by atoms with van der Waals surface area (Å²) in [6, 6.07) is 10.3. The highest BCUT2D eigenvalue weighted by molar-refractivity contribution is 5.92. The summed E-state index contributed by atoms with van der Waals surface area (Å²) in [4.78, 5) is 18.3. The van der Waals surface area contributed by atoms with Gasteiger partial charge >= 0.3 is 0 Å². The molecule has 1 saturated heterocycles. The third-order valence-electron chi connectivity index (χ3n) is 5.81. The summed E-state index contributed by atoms with van der Waals surface area (Å²) in [6.07, 6.45) is 4.37. The van der Waals surface area contributed by atoms with Gasteiger partial charge in [-0.05, 0) is 30.4 Å². The maximum absolute atomic E-state index is 12.5. The van der Waals surface area contributed by atoms with Crippen LogP contribution < -0.4 is 5.32 Å². The summed E-state index contributed by atoms with van der Waals surface area (Å²) in [5.41, 5.74) is 2.87. The number of para-hydroxylation sites is 1. The van der Waals surface area contributed by atoms with Crippen molar-refractivity contribution in [2.75, 3.05) is 13.1 Å². The van der Waals surface area contributed by atoms with Gasteiger partial charge in [-0.3, -0.25) is 9.69 Å². The number of nitrogens with zero attached hydrogens (tertiary/aromatic N) is 2. The molecule has 3 heterocycles. The molecule has 1 unspecified atom stereocenters. The van der Waals surface area contributed by atoms with Crippen molar-refractivity contribution in [1.29, 1.82) is 0 Å². The molecule has 1 amide bonds. The van der Waals surface area contributed by atoms with E-state index in [1.54, 1.807) is 6.07 Å². The Hall–Kier alpha value is -2.60. The lowest BCUT2D eigenvalue weighted by atomic mass is 10.1. The Bertz CT molecular complexity index is 971. The van der Waals surface area contributed by atoms with Crippen LogP contribution in [0, 0.1) is 5.92 Å². The highest BCUT2D eigenvalue weighted by Crippen LogP contribution is 2.40. The second-order valence-corrected chi connectivity index (χ2v) is 8.00. The molecule has 2 fully saturated rings. The SMILES string of the molecule is C[C@@H]1CN(Cc2c[nH]c3ccccc23)CC1NC(=O)c1cc(C2CC2)on1. The zero-order valence-electron chi connectivity index (χ0n) is 15.4. The molecular weight excluding hydrogens is 340 g/mol. The van der Waals surface area contributed by atoms with E-state index < -0.39 is 0 Å². The molecule has 3 aromatic rings. The molecule has 2 aromatic heterocycles. The first-order valence-electron chi connectivity index (χ1n) is 9.72.